The largest absolute Gasteiger partial charge is 0.491 e. The molecule has 0 aliphatic rings. The maximum Gasteiger partial charge on any atom is 0.171 e. The fourth-order valence-corrected chi connectivity index (χ4v) is 1.95. The van der Waals surface area contributed by atoms with Crippen LogP contribution < -0.4 is 10.5 Å². The van der Waals surface area contributed by atoms with Crippen molar-refractivity contribution in [2.75, 3.05) is 19.8 Å². The number of amidine groups is 1. The Bertz CT molecular complexity index is 436. The van der Waals surface area contributed by atoms with Gasteiger partial charge in [0.05, 0.1) is 6.61 Å². The molecule has 1 aromatic rings. The van der Waals surface area contributed by atoms with Crippen molar-refractivity contribution in [2.45, 2.75) is 13.8 Å². The van der Waals surface area contributed by atoms with Crippen LogP contribution in [0.15, 0.2) is 27.8 Å². The molecule has 0 atom stereocenters. The number of nitrogens with zero attached hydrogens (tertiary/aromatic N) is 1. The molecular weight excluding hydrogens is 312 g/mol. The molecule has 1 rings (SSSR count). The second kappa shape index (κ2) is 8.01. The van der Waals surface area contributed by atoms with Crippen LogP contribution in [0.4, 0.5) is 0 Å². The van der Waals surface area contributed by atoms with Crippen molar-refractivity contribution in [3.63, 3.8) is 0 Å². The molecule has 0 fully saturated rings. The molecule has 0 aromatic heterocycles. The highest BCUT2D eigenvalue weighted by Crippen LogP contribution is 2.22. The van der Waals surface area contributed by atoms with Crippen molar-refractivity contribution in [2.24, 2.45) is 16.8 Å². The first-order valence-corrected chi connectivity index (χ1v) is 6.82. The fourth-order valence-electron chi connectivity index (χ4n) is 1.38. The Morgan fingerprint density at radius 1 is 1.42 bits per heavy atom. The molecule has 0 spiro atoms. The van der Waals surface area contributed by atoms with Gasteiger partial charge in [-0.15, -0.1) is 0 Å². The topological polar surface area (TPSA) is 77.1 Å². The van der Waals surface area contributed by atoms with Gasteiger partial charge in [0.1, 0.15) is 12.4 Å². The zero-order chi connectivity index (χ0) is 14.3. The van der Waals surface area contributed by atoms with Gasteiger partial charge in [-0.25, -0.2) is 0 Å². The van der Waals surface area contributed by atoms with Crippen LogP contribution in [0.5, 0.6) is 5.75 Å². The average molecular weight is 331 g/mol. The van der Waals surface area contributed by atoms with Gasteiger partial charge in [0.15, 0.2) is 5.84 Å². The highest BCUT2D eigenvalue weighted by atomic mass is 79.9. The number of ether oxygens (including phenoxy) is 2. The van der Waals surface area contributed by atoms with Crippen LogP contribution >= 0.6 is 15.9 Å². The molecule has 5 nitrogen and oxygen atoms in total. The van der Waals surface area contributed by atoms with Crippen molar-refractivity contribution in [1.29, 1.82) is 0 Å². The molecule has 0 radical (unpaired) electrons. The second-order valence-corrected chi connectivity index (χ2v) is 5.30. The van der Waals surface area contributed by atoms with Crippen LogP contribution in [0.25, 0.3) is 0 Å². The van der Waals surface area contributed by atoms with Crippen molar-refractivity contribution in [3.05, 3.63) is 28.2 Å². The van der Waals surface area contributed by atoms with Gasteiger partial charge in [-0.2, -0.15) is 0 Å². The van der Waals surface area contributed by atoms with Crippen molar-refractivity contribution < 1.29 is 14.7 Å². The molecule has 6 heteroatoms. The van der Waals surface area contributed by atoms with E-state index in [2.05, 4.69) is 34.9 Å². The molecule has 3 N–H and O–H groups in total. The predicted molar refractivity (Wildman–Crippen MR) is 77.8 cm³/mol. The quantitative estimate of drug-likeness (QED) is 0.265. The van der Waals surface area contributed by atoms with Crippen LogP contribution in [0.3, 0.4) is 0 Å². The summed E-state index contributed by atoms with van der Waals surface area (Å²) in [5.41, 5.74) is 6.14. The molecular formula is C13H19BrN2O3. The maximum atomic E-state index is 8.62. The minimum absolute atomic E-state index is 0.0543. The van der Waals surface area contributed by atoms with Crippen LogP contribution in [0, 0.1) is 5.92 Å². The third kappa shape index (κ3) is 5.48. The summed E-state index contributed by atoms with van der Waals surface area (Å²) < 4.78 is 11.7. The summed E-state index contributed by atoms with van der Waals surface area (Å²) in [4.78, 5) is 0. The summed E-state index contributed by atoms with van der Waals surface area (Å²) in [5.74, 6) is 1.28. The smallest absolute Gasteiger partial charge is 0.171 e. The number of nitrogens with two attached hydrogens (primary N) is 1. The molecule has 0 saturated carbocycles. The lowest BCUT2D eigenvalue weighted by atomic mass is 10.2. The molecule has 0 aliphatic carbocycles. The van der Waals surface area contributed by atoms with Crippen molar-refractivity contribution in [1.82, 2.24) is 0 Å². The molecule has 0 saturated heterocycles. The second-order valence-electron chi connectivity index (χ2n) is 4.44. The Morgan fingerprint density at radius 2 is 2.16 bits per heavy atom. The lowest BCUT2D eigenvalue weighted by Crippen LogP contribution is -2.14. The van der Waals surface area contributed by atoms with Gasteiger partial charge in [-0.3, -0.25) is 0 Å². The number of hydrogen-bond acceptors (Lipinski definition) is 4. The Balaban J connectivity index is 2.46. The van der Waals surface area contributed by atoms with E-state index in [1.54, 1.807) is 18.2 Å². The van der Waals surface area contributed by atoms with Gasteiger partial charge in [0.2, 0.25) is 0 Å². The Labute approximate surface area is 121 Å². The van der Waals surface area contributed by atoms with Gasteiger partial charge in [0, 0.05) is 16.6 Å². The summed E-state index contributed by atoms with van der Waals surface area (Å²) in [5, 5.41) is 11.6. The molecule has 0 heterocycles. The number of rotatable bonds is 7. The van der Waals surface area contributed by atoms with Gasteiger partial charge >= 0.3 is 0 Å². The molecule has 0 aliphatic heterocycles. The summed E-state index contributed by atoms with van der Waals surface area (Å²) >= 11 is 3.35. The maximum absolute atomic E-state index is 8.62. The number of hydrogen-bond donors (Lipinski definition) is 2. The van der Waals surface area contributed by atoms with E-state index < -0.39 is 0 Å². The van der Waals surface area contributed by atoms with Gasteiger partial charge in [-0.1, -0.05) is 19.0 Å². The molecule has 19 heavy (non-hydrogen) atoms. The lowest BCUT2D eigenvalue weighted by Gasteiger charge is -2.10. The zero-order valence-corrected chi connectivity index (χ0v) is 12.7. The summed E-state index contributed by atoms with van der Waals surface area (Å²) in [6.07, 6.45) is 0. The van der Waals surface area contributed by atoms with E-state index in [0.717, 1.165) is 6.61 Å². The molecule has 0 unspecified atom stereocenters. The number of oxime groups is 1. The monoisotopic (exact) mass is 330 g/mol. The summed E-state index contributed by atoms with van der Waals surface area (Å²) in [6.45, 7) is 5.98. The van der Waals surface area contributed by atoms with Gasteiger partial charge in [0.25, 0.3) is 0 Å². The standard InChI is InChI=1S/C13H19BrN2O3/c1-9(2)8-18-5-6-19-10-3-4-11(12(14)7-10)13(15)16-17/h3-4,7,9,17H,5-6,8H2,1-2H3,(H2,15,16). The molecule has 0 amide bonds. The van der Waals surface area contributed by atoms with E-state index in [1.165, 1.54) is 0 Å². The SMILES string of the molecule is CC(C)COCCOc1ccc(/C(N)=N/O)c(Br)c1. The zero-order valence-electron chi connectivity index (χ0n) is 11.1. The van der Waals surface area contributed by atoms with Crippen LogP contribution in [-0.4, -0.2) is 30.9 Å². The molecule has 1 aromatic carbocycles. The van der Waals surface area contributed by atoms with Gasteiger partial charge in [-0.05, 0) is 40.0 Å². The van der Waals surface area contributed by atoms with E-state index >= 15 is 0 Å². The van der Waals surface area contributed by atoms with Crippen LogP contribution in [0.2, 0.25) is 0 Å². The third-order valence-corrected chi connectivity index (χ3v) is 2.93. The summed E-state index contributed by atoms with van der Waals surface area (Å²) in [7, 11) is 0. The van der Waals surface area contributed by atoms with E-state index in [9.17, 15) is 0 Å². The Kier molecular flexibility index (Phi) is 6.66. The van der Waals surface area contributed by atoms with E-state index in [4.69, 9.17) is 20.4 Å². The van der Waals surface area contributed by atoms with E-state index in [0.29, 0.717) is 34.9 Å². The van der Waals surface area contributed by atoms with E-state index in [1.807, 2.05) is 0 Å². The third-order valence-electron chi connectivity index (χ3n) is 2.27. The number of halogens is 1. The fraction of sp³-hybridized carbons (Fsp3) is 0.462. The lowest BCUT2D eigenvalue weighted by molar-refractivity contribution is 0.0819. The van der Waals surface area contributed by atoms with Crippen molar-refractivity contribution >= 4 is 21.8 Å². The van der Waals surface area contributed by atoms with Crippen molar-refractivity contribution in [3.8, 4) is 5.75 Å². The van der Waals surface area contributed by atoms with Crippen LogP contribution in [-0.2, 0) is 4.74 Å². The normalized spacial score (nSPS) is 11.9. The van der Waals surface area contributed by atoms with E-state index in [-0.39, 0.29) is 5.84 Å². The highest BCUT2D eigenvalue weighted by Gasteiger charge is 2.06. The molecule has 0 bridgehead atoms. The Hall–Kier alpha value is -1.27. The number of benzene rings is 1. The van der Waals surface area contributed by atoms with Gasteiger partial charge < -0.3 is 20.4 Å². The highest BCUT2D eigenvalue weighted by molar-refractivity contribution is 9.10. The molecule has 106 valence electrons. The summed E-state index contributed by atoms with van der Waals surface area (Å²) in [6, 6.07) is 5.26. The first kappa shape index (κ1) is 15.8. The minimum atomic E-state index is 0.0543. The minimum Gasteiger partial charge on any atom is -0.491 e. The average Bonchev–Trinajstić information content (AvgIpc) is 2.37. The Morgan fingerprint density at radius 3 is 2.74 bits per heavy atom. The first-order valence-electron chi connectivity index (χ1n) is 6.02. The predicted octanol–water partition coefficient (Wildman–Crippen LogP) is 2.59. The first-order chi connectivity index (χ1) is 9.04. The van der Waals surface area contributed by atoms with Crippen LogP contribution in [0.1, 0.15) is 19.4 Å².